The number of carbonyl (C=O) groups excluding carboxylic acids is 1. The van der Waals surface area contributed by atoms with Crippen LogP contribution in [0.2, 0.25) is 15.2 Å². The minimum atomic E-state index is -4.36. The van der Waals surface area contributed by atoms with Gasteiger partial charge in [0.15, 0.2) is 11.8 Å². The topological polar surface area (TPSA) is 144 Å². The van der Waals surface area contributed by atoms with E-state index in [0.29, 0.717) is 0 Å². The molecule has 14 heteroatoms. The molecule has 0 radical (unpaired) electrons. The summed E-state index contributed by atoms with van der Waals surface area (Å²) in [4.78, 5) is 28.0. The fraction of sp³-hybridized carbons (Fsp3) is 0.133. The standard InChI is InChI=1S/C15H12Cl3N3O7S/c1-27-10-3-2-7(15(23)24)4-11(10)29(25,26)21-20-12(22)6-28-14-9(17)5-8(16)13(18)19-14/h2-5,21H,6H2,1H3,(H,20,22)(H,23,24). The van der Waals surface area contributed by atoms with Gasteiger partial charge < -0.3 is 14.6 Å². The third-order valence-corrected chi connectivity index (χ3v) is 5.43. The number of methoxy groups -OCH3 is 1. The van der Waals surface area contributed by atoms with Gasteiger partial charge in [-0.1, -0.05) is 34.8 Å². The number of nitrogens with zero attached hydrogens (tertiary/aromatic N) is 1. The van der Waals surface area contributed by atoms with Crippen LogP contribution in [0.3, 0.4) is 0 Å². The summed E-state index contributed by atoms with van der Waals surface area (Å²) in [6.07, 6.45) is 0. The maximum atomic E-state index is 12.4. The second kappa shape index (κ2) is 9.46. The molecule has 0 spiro atoms. The van der Waals surface area contributed by atoms with Crippen molar-refractivity contribution in [2.45, 2.75) is 4.90 Å². The summed E-state index contributed by atoms with van der Waals surface area (Å²) in [7, 11) is -3.16. The van der Waals surface area contributed by atoms with E-state index in [2.05, 4.69) is 4.98 Å². The number of carbonyl (C=O) groups is 2. The lowest BCUT2D eigenvalue weighted by molar-refractivity contribution is -0.123. The lowest BCUT2D eigenvalue weighted by atomic mass is 10.2. The molecule has 0 bridgehead atoms. The maximum absolute atomic E-state index is 12.4. The molecule has 0 aliphatic heterocycles. The molecule has 0 unspecified atom stereocenters. The number of aromatic nitrogens is 1. The number of amides is 1. The molecule has 1 aromatic carbocycles. The highest BCUT2D eigenvalue weighted by Gasteiger charge is 2.22. The molecule has 10 nitrogen and oxygen atoms in total. The van der Waals surface area contributed by atoms with Crippen molar-refractivity contribution in [2.24, 2.45) is 0 Å². The molecule has 0 aliphatic rings. The molecule has 0 aliphatic carbocycles. The highest BCUT2D eigenvalue weighted by molar-refractivity contribution is 7.89. The van der Waals surface area contributed by atoms with Gasteiger partial charge in [-0.3, -0.25) is 10.2 Å². The van der Waals surface area contributed by atoms with E-state index in [1.807, 2.05) is 5.43 Å². The molecular formula is C15H12Cl3N3O7S. The predicted octanol–water partition coefficient (Wildman–Crippen LogP) is 2.14. The molecule has 3 N–H and O–H groups in total. The van der Waals surface area contributed by atoms with Crippen LogP contribution in [0, 0.1) is 0 Å². The first-order valence-electron chi connectivity index (χ1n) is 7.41. The summed E-state index contributed by atoms with van der Waals surface area (Å²) < 4.78 is 34.8. The zero-order valence-electron chi connectivity index (χ0n) is 14.4. The van der Waals surface area contributed by atoms with Crippen LogP contribution in [0.1, 0.15) is 10.4 Å². The molecule has 1 aromatic heterocycles. The van der Waals surface area contributed by atoms with Crippen molar-refractivity contribution in [3.63, 3.8) is 0 Å². The summed E-state index contributed by atoms with van der Waals surface area (Å²) in [5.74, 6) is -2.56. The van der Waals surface area contributed by atoms with Gasteiger partial charge in [-0.05, 0) is 24.3 Å². The van der Waals surface area contributed by atoms with Crippen LogP contribution in [0.15, 0.2) is 29.2 Å². The Balaban J connectivity index is 2.07. The Morgan fingerprint density at radius 2 is 1.86 bits per heavy atom. The van der Waals surface area contributed by atoms with E-state index >= 15 is 0 Å². The number of sulfonamides is 1. The lowest BCUT2D eigenvalue weighted by Crippen LogP contribution is -2.43. The van der Waals surface area contributed by atoms with Crippen molar-refractivity contribution in [1.29, 1.82) is 0 Å². The molecule has 0 fully saturated rings. The number of hydrazine groups is 1. The summed E-state index contributed by atoms with van der Waals surface area (Å²) >= 11 is 17.3. The van der Waals surface area contributed by atoms with Crippen LogP contribution in [-0.4, -0.2) is 44.1 Å². The smallest absolute Gasteiger partial charge is 0.335 e. The van der Waals surface area contributed by atoms with E-state index in [1.54, 1.807) is 4.83 Å². The van der Waals surface area contributed by atoms with E-state index in [0.717, 1.165) is 6.07 Å². The number of pyridine rings is 1. The summed E-state index contributed by atoms with van der Waals surface area (Å²) in [6, 6.07) is 4.48. The van der Waals surface area contributed by atoms with Gasteiger partial charge in [0.25, 0.3) is 15.9 Å². The number of hydrogen-bond donors (Lipinski definition) is 3. The summed E-state index contributed by atoms with van der Waals surface area (Å²) in [5.41, 5.74) is 1.61. The Bertz CT molecular complexity index is 1060. The molecule has 0 atom stereocenters. The zero-order chi connectivity index (χ0) is 21.8. The van der Waals surface area contributed by atoms with Crippen LogP contribution in [0.25, 0.3) is 0 Å². The maximum Gasteiger partial charge on any atom is 0.335 e. The van der Waals surface area contributed by atoms with E-state index in [4.69, 9.17) is 49.4 Å². The second-order valence-electron chi connectivity index (χ2n) is 5.16. The van der Waals surface area contributed by atoms with E-state index < -0.39 is 33.4 Å². The molecule has 0 saturated carbocycles. The number of ether oxygens (including phenoxy) is 2. The number of carboxylic acid groups (broad SMARTS) is 1. The Morgan fingerprint density at radius 3 is 2.48 bits per heavy atom. The van der Waals surface area contributed by atoms with Crippen LogP contribution >= 0.6 is 34.8 Å². The Labute approximate surface area is 179 Å². The number of aromatic carboxylic acids is 1. The number of benzene rings is 1. The first-order chi connectivity index (χ1) is 13.5. The van der Waals surface area contributed by atoms with Gasteiger partial charge in [-0.2, -0.15) is 4.98 Å². The minimum absolute atomic E-state index is 0.0111. The monoisotopic (exact) mass is 483 g/mol. The highest BCUT2D eigenvalue weighted by atomic mass is 35.5. The van der Waals surface area contributed by atoms with Crippen molar-refractivity contribution in [3.8, 4) is 11.6 Å². The van der Waals surface area contributed by atoms with Gasteiger partial charge in [0.1, 0.15) is 15.7 Å². The second-order valence-corrected chi connectivity index (χ2v) is 7.98. The third-order valence-electron chi connectivity index (χ3n) is 3.22. The van der Waals surface area contributed by atoms with Crippen molar-refractivity contribution in [1.82, 2.24) is 15.2 Å². The molecule has 1 amide bonds. The van der Waals surface area contributed by atoms with Gasteiger partial charge in [0.2, 0.25) is 5.88 Å². The van der Waals surface area contributed by atoms with Gasteiger partial charge >= 0.3 is 5.97 Å². The number of hydrogen-bond acceptors (Lipinski definition) is 7. The summed E-state index contributed by atoms with van der Waals surface area (Å²) in [6.45, 7) is -0.667. The van der Waals surface area contributed by atoms with Gasteiger partial charge in [-0.15, -0.1) is 4.83 Å². The molecule has 2 rings (SSSR count). The largest absolute Gasteiger partial charge is 0.495 e. The first kappa shape index (κ1) is 23.0. The van der Waals surface area contributed by atoms with Crippen LogP contribution in [0.4, 0.5) is 0 Å². The normalized spacial score (nSPS) is 11.0. The molecular weight excluding hydrogens is 473 g/mol. The summed E-state index contributed by atoms with van der Waals surface area (Å²) in [5, 5.41) is 8.99. The Morgan fingerprint density at radius 1 is 1.17 bits per heavy atom. The highest BCUT2D eigenvalue weighted by Crippen LogP contribution is 2.30. The molecule has 0 saturated heterocycles. The van der Waals surface area contributed by atoms with Gasteiger partial charge in [0.05, 0.1) is 17.7 Å². The Hall–Kier alpha value is -2.31. The average molecular weight is 485 g/mol. The fourth-order valence-electron chi connectivity index (χ4n) is 1.90. The lowest BCUT2D eigenvalue weighted by Gasteiger charge is -2.12. The van der Waals surface area contributed by atoms with Crippen molar-refractivity contribution in [3.05, 3.63) is 45.0 Å². The number of halogens is 3. The van der Waals surface area contributed by atoms with Gasteiger partial charge in [-0.25, -0.2) is 13.2 Å². The van der Waals surface area contributed by atoms with Crippen molar-refractivity contribution >= 4 is 56.7 Å². The third kappa shape index (κ3) is 5.84. The fourth-order valence-corrected chi connectivity index (χ4v) is 3.50. The predicted molar refractivity (Wildman–Crippen MR) is 103 cm³/mol. The van der Waals surface area contributed by atoms with Crippen LogP contribution in [-0.2, 0) is 14.8 Å². The van der Waals surface area contributed by atoms with E-state index in [-0.39, 0.29) is 32.4 Å². The van der Waals surface area contributed by atoms with Crippen LogP contribution < -0.4 is 19.7 Å². The zero-order valence-corrected chi connectivity index (χ0v) is 17.5. The van der Waals surface area contributed by atoms with Crippen molar-refractivity contribution in [2.75, 3.05) is 13.7 Å². The number of rotatable bonds is 8. The molecule has 29 heavy (non-hydrogen) atoms. The SMILES string of the molecule is COc1ccc(C(=O)O)cc1S(=O)(=O)NNC(=O)COc1nc(Cl)c(Cl)cc1Cl. The number of carboxylic acids is 1. The quantitative estimate of drug-likeness (QED) is 0.382. The molecule has 1 heterocycles. The average Bonchev–Trinajstić information content (AvgIpc) is 2.67. The van der Waals surface area contributed by atoms with Crippen molar-refractivity contribution < 1.29 is 32.6 Å². The van der Waals surface area contributed by atoms with Crippen LogP contribution in [0.5, 0.6) is 11.6 Å². The first-order valence-corrected chi connectivity index (χ1v) is 10.0. The molecule has 2 aromatic rings. The molecule has 156 valence electrons. The van der Waals surface area contributed by atoms with E-state index in [1.165, 1.54) is 25.3 Å². The Kier molecular flexibility index (Phi) is 7.49. The van der Waals surface area contributed by atoms with Gasteiger partial charge in [0, 0.05) is 0 Å². The number of nitrogens with one attached hydrogen (secondary N) is 2. The minimum Gasteiger partial charge on any atom is -0.495 e. The van der Waals surface area contributed by atoms with E-state index in [9.17, 15) is 18.0 Å².